The fourth-order valence-corrected chi connectivity index (χ4v) is 8.12. The summed E-state index contributed by atoms with van der Waals surface area (Å²) in [6.07, 6.45) is 35.2. The van der Waals surface area contributed by atoms with Crippen molar-refractivity contribution in [1.82, 2.24) is 4.90 Å². The molecule has 0 aromatic heterocycles. The highest BCUT2D eigenvalue weighted by molar-refractivity contribution is 7.99. The summed E-state index contributed by atoms with van der Waals surface area (Å²) in [5.74, 6) is 2.04. The van der Waals surface area contributed by atoms with E-state index in [-0.39, 0.29) is 30.6 Å². The maximum Gasteiger partial charge on any atom is 0.309 e. The first-order chi connectivity index (χ1) is 25.5. The van der Waals surface area contributed by atoms with Crippen LogP contribution in [0.4, 0.5) is 0 Å². The van der Waals surface area contributed by atoms with Gasteiger partial charge in [0.05, 0.1) is 19.1 Å². The zero-order valence-electron chi connectivity index (χ0n) is 35.3. The van der Waals surface area contributed by atoms with Crippen molar-refractivity contribution >= 4 is 23.7 Å². The molecular formula is C45H89NO5S. The summed E-state index contributed by atoms with van der Waals surface area (Å²) in [7, 11) is 0. The van der Waals surface area contributed by atoms with Crippen LogP contribution < -0.4 is 0 Å². The molecule has 7 heteroatoms. The highest BCUT2D eigenvalue weighted by Gasteiger charge is 2.18. The van der Waals surface area contributed by atoms with Crippen molar-refractivity contribution in [3.8, 4) is 0 Å². The van der Waals surface area contributed by atoms with Gasteiger partial charge in [-0.1, -0.05) is 143 Å². The Bertz CT molecular complexity index is 737. The van der Waals surface area contributed by atoms with E-state index >= 15 is 0 Å². The van der Waals surface area contributed by atoms with Gasteiger partial charge >= 0.3 is 11.9 Å². The molecule has 1 unspecified atom stereocenters. The van der Waals surface area contributed by atoms with Crippen LogP contribution in [0.1, 0.15) is 220 Å². The van der Waals surface area contributed by atoms with Crippen LogP contribution in [0, 0.1) is 5.92 Å². The molecular weight excluding hydrogens is 667 g/mol. The first kappa shape index (κ1) is 51.2. The van der Waals surface area contributed by atoms with Gasteiger partial charge < -0.3 is 19.5 Å². The number of aliphatic hydroxyl groups is 1. The smallest absolute Gasteiger partial charge is 0.309 e. The molecule has 0 bridgehead atoms. The molecule has 0 radical (unpaired) electrons. The largest absolute Gasteiger partial charge is 0.465 e. The summed E-state index contributed by atoms with van der Waals surface area (Å²) in [4.78, 5) is 27.6. The maximum atomic E-state index is 12.7. The van der Waals surface area contributed by atoms with E-state index < -0.39 is 0 Å². The van der Waals surface area contributed by atoms with E-state index in [2.05, 4.69) is 32.6 Å². The second-order valence-corrected chi connectivity index (χ2v) is 16.6. The number of carbonyl (C=O) groups is 2. The molecule has 0 aromatic rings. The summed E-state index contributed by atoms with van der Waals surface area (Å²) >= 11 is 1.91. The molecule has 0 saturated heterocycles. The first-order valence-electron chi connectivity index (χ1n) is 22.8. The minimum Gasteiger partial charge on any atom is -0.465 e. The van der Waals surface area contributed by atoms with E-state index in [4.69, 9.17) is 9.47 Å². The van der Waals surface area contributed by atoms with Crippen molar-refractivity contribution in [3.05, 3.63) is 0 Å². The summed E-state index contributed by atoms with van der Waals surface area (Å²) < 4.78 is 11.7. The first-order valence-corrected chi connectivity index (χ1v) is 23.9. The molecule has 1 N–H and O–H groups in total. The van der Waals surface area contributed by atoms with Crippen LogP contribution in [0.5, 0.6) is 0 Å². The number of unbranched alkanes of at least 4 members (excludes halogenated alkanes) is 21. The van der Waals surface area contributed by atoms with E-state index in [1.807, 2.05) is 11.8 Å². The van der Waals surface area contributed by atoms with Crippen molar-refractivity contribution in [2.45, 2.75) is 226 Å². The molecule has 0 aliphatic heterocycles. The van der Waals surface area contributed by atoms with E-state index in [0.29, 0.717) is 19.6 Å². The van der Waals surface area contributed by atoms with Gasteiger partial charge in [0.25, 0.3) is 0 Å². The Morgan fingerprint density at radius 3 is 1.60 bits per heavy atom. The van der Waals surface area contributed by atoms with Gasteiger partial charge in [0.15, 0.2) is 0 Å². The lowest BCUT2D eigenvalue weighted by Gasteiger charge is -2.21. The highest BCUT2D eigenvalue weighted by atomic mass is 32.2. The molecule has 0 spiro atoms. The molecule has 0 rings (SSSR count). The number of carbonyl (C=O) groups excluding carboxylic acids is 2. The number of esters is 2. The van der Waals surface area contributed by atoms with Crippen molar-refractivity contribution in [3.63, 3.8) is 0 Å². The summed E-state index contributed by atoms with van der Waals surface area (Å²) in [5, 5.41) is 9.57. The van der Waals surface area contributed by atoms with Crippen molar-refractivity contribution in [2.75, 3.05) is 44.4 Å². The predicted octanol–water partition coefficient (Wildman–Crippen LogP) is 12.9. The van der Waals surface area contributed by atoms with Gasteiger partial charge in [-0.2, -0.15) is 11.8 Å². The molecule has 0 aromatic carbocycles. The zero-order chi connectivity index (χ0) is 38.2. The lowest BCUT2D eigenvalue weighted by atomic mass is 10.0. The van der Waals surface area contributed by atoms with Crippen molar-refractivity contribution in [2.24, 2.45) is 5.92 Å². The van der Waals surface area contributed by atoms with Crippen LogP contribution in [0.2, 0.25) is 0 Å². The Kier molecular flexibility index (Phi) is 40.7. The van der Waals surface area contributed by atoms with Gasteiger partial charge in [0, 0.05) is 18.7 Å². The number of ether oxygens (including phenoxy) is 2. The molecule has 310 valence electrons. The highest BCUT2D eigenvalue weighted by Crippen LogP contribution is 2.19. The fourth-order valence-electron chi connectivity index (χ4n) is 6.89. The summed E-state index contributed by atoms with van der Waals surface area (Å²) in [6.45, 7) is 12.3. The zero-order valence-corrected chi connectivity index (χ0v) is 36.1. The Hall–Kier alpha value is -0.790. The van der Waals surface area contributed by atoms with E-state index in [9.17, 15) is 14.7 Å². The molecule has 0 saturated carbocycles. The monoisotopic (exact) mass is 756 g/mol. The van der Waals surface area contributed by atoms with Crippen LogP contribution in [-0.4, -0.2) is 72.4 Å². The number of hydrogen-bond donors (Lipinski definition) is 1. The third kappa shape index (κ3) is 34.9. The van der Waals surface area contributed by atoms with Gasteiger partial charge in [0.2, 0.25) is 0 Å². The normalized spacial score (nSPS) is 12.2. The lowest BCUT2D eigenvalue weighted by Crippen LogP contribution is -2.29. The van der Waals surface area contributed by atoms with Gasteiger partial charge in [-0.3, -0.25) is 9.59 Å². The van der Waals surface area contributed by atoms with Gasteiger partial charge in [0.1, 0.15) is 6.10 Å². The van der Waals surface area contributed by atoms with Crippen LogP contribution in [0.15, 0.2) is 0 Å². The quantitative estimate of drug-likeness (QED) is 0.0491. The average molecular weight is 756 g/mol. The van der Waals surface area contributed by atoms with E-state index in [1.54, 1.807) is 0 Å². The second kappa shape index (κ2) is 41.4. The molecule has 0 heterocycles. The third-order valence-electron chi connectivity index (χ3n) is 10.5. The number of rotatable bonds is 42. The van der Waals surface area contributed by atoms with Gasteiger partial charge in [-0.05, 0) is 89.5 Å². The Balaban J connectivity index is 4.08. The second-order valence-electron chi connectivity index (χ2n) is 15.5. The molecule has 0 fully saturated rings. The Morgan fingerprint density at radius 2 is 1.06 bits per heavy atom. The minimum absolute atomic E-state index is 0.00818. The molecule has 6 nitrogen and oxygen atoms in total. The molecule has 0 aliphatic carbocycles. The van der Waals surface area contributed by atoms with Crippen LogP contribution in [0.3, 0.4) is 0 Å². The molecule has 52 heavy (non-hydrogen) atoms. The van der Waals surface area contributed by atoms with E-state index in [1.165, 1.54) is 116 Å². The van der Waals surface area contributed by atoms with Gasteiger partial charge in [-0.25, -0.2) is 0 Å². The van der Waals surface area contributed by atoms with Gasteiger partial charge in [-0.15, -0.1) is 0 Å². The van der Waals surface area contributed by atoms with Crippen LogP contribution in [0.25, 0.3) is 0 Å². The molecule has 1 atom stereocenters. The number of thioether (sulfide) groups is 1. The average Bonchev–Trinajstić information content (AvgIpc) is 3.14. The summed E-state index contributed by atoms with van der Waals surface area (Å²) in [6, 6.07) is 0. The molecule has 0 amide bonds. The number of nitrogens with zero attached hydrogens (tertiary/aromatic N) is 1. The third-order valence-corrected chi connectivity index (χ3v) is 11.7. The number of hydrogen-bond acceptors (Lipinski definition) is 7. The SMILES string of the molecule is CCCCCCCCSCC(CC)C(=O)OCCCCCN(CCO)CCCCCCCC(=O)OC(CCCCCCCC)CCCCCCCC. The summed E-state index contributed by atoms with van der Waals surface area (Å²) in [5.41, 5.74) is 0. The predicted molar refractivity (Wildman–Crippen MR) is 226 cm³/mol. The molecule has 0 aliphatic rings. The minimum atomic E-state index is -0.0204. The lowest BCUT2D eigenvalue weighted by molar-refractivity contribution is -0.150. The Morgan fingerprint density at radius 1 is 0.577 bits per heavy atom. The van der Waals surface area contributed by atoms with Crippen LogP contribution >= 0.6 is 11.8 Å². The Labute approximate surface area is 328 Å². The van der Waals surface area contributed by atoms with Crippen molar-refractivity contribution in [1.29, 1.82) is 0 Å². The fraction of sp³-hybridized carbons (Fsp3) is 0.956. The topological polar surface area (TPSA) is 76.1 Å². The maximum absolute atomic E-state index is 12.7. The van der Waals surface area contributed by atoms with Crippen molar-refractivity contribution < 1.29 is 24.2 Å². The number of aliphatic hydroxyl groups excluding tert-OH is 1. The van der Waals surface area contributed by atoms with Crippen LogP contribution in [-0.2, 0) is 19.1 Å². The van der Waals surface area contributed by atoms with E-state index in [0.717, 1.165) is 95.2 Å². The standard InChI is InChI=1S/C45H89NO5S/c1-5-9-12-15-19-25-32-43(33-26-20-16-13-10-6-2)51-44(48)34-27-21-18-22-28-35-46(37-38-47)36-29-24-30-39-50-45(49)42(8-4)41-52-40-31-23-17-14-11-7-3/h42-43,47H,5-41H2,1-4H3.